The molecule has 0 aliphatic carbocycles. The fourth-order valence-corrected chi connectivity index (χ4v) is 6.51. The largest absolute Gasteiger partial charge is 0.472 e. The van der Waals surface area contributed by atoms with Crippen molar-refractivity contribution in [3.8, 4) is 0 Å². The molecule has 0 bridgehead atoms. The van der Waals surface area contributed by atoms with Crippen molar-refractivity contribution in [2.24, 2.45) is 0 Å². The molecule has 0 aromatic rings. The van der Waals surface area contributed by atoms with E-state index < -0.39 is 51.8 Å². The summed E-state index contributed by atoms with van der Waals surface area (Å²) in [4.78, 5) is 35.0. The van der Waals surface area contributed by atoms with Crippen LogP contribution in [0, 0.1) is 0 Å². The van der Waals surface area contributed by atoms with E-state index in [1.165, 1.54) is 77.0 Å². The number of aliphatic hydroxyl groups is 2. The van der Waals surface area contributed by atoms with Gasteiger partial charge in [-0.1, -0.05) is 183 Å². The molecule has 0 radical (unpaired) electrons. The summed E-state index contributed by atoms with van der Waals surface area (Å²) in [5.74, 6) is -1.02. The first-order chi connectivity index (χ1) is 28.2. The number of carbonyl (C=O) groups excluding carboxylic acids is 2. The summed E-state index contributed by atoms with van der Waals surface area (Å²) in [6.45, 7) is 2.18. The molecule has 0 saturated carbocycles. The van der Waals surface area contributed by atoms with Crippen LogP contribution in [0.2, 0.25) is 0 Å². The van der Waals surface area contributed by atoms with Crippen molar-refractivity contribution in [1.29, 1.82) is 0 Å². The van der Waals surface area contributed by atoms with Gasteiger partial charge in [0.15, 0.2) is 6.10 Å². The Hall–Kier alpha value is -2.59. The maximum Gasteiger partial charge on any atom is 0.472 e. The minimum absolute atomic E-state index is 0.115. The summed E-state index contributed by atoms with van der Waals surface area (Å²) < 4.78 is 32.7. The van der Waals surface area contributed by atoms with E-state index in [4.69, 9.17) is 19.1 Å². The van der Waals surface area contributed by atoms with Crippen molar-refractivity contribution < 1.29 is 47.8 Å². The first-order valence-electron chi connectivity index (χ1n) is 22.4. The van der Waals surface area contributed by atoms with E-state index in [0.717, 1.165) is 57.8 Å². The van der Waals surface area contributed by atoms with Gasteiger partial charge in [-0.25, -0.2) is 4.57 Å². The molecule has 0 aliphatic rings. The van der Waals surface area contributed by atoms with Crippen molar-refractivity contribution in [2.75, 3.05) is 26.4 Å². The van der Waals surface area contributed by atoms with Crippen LogP contribution in [0.3, 0.4) is 0 Å². The molecule has 0 spiro atoms. The molecule has 0 rings (SSSR count). The molecule has 0 heterocycles. The van der Waals surface area contributed by atoms with Gasteiger partial charge in [0.05, 0.1) is 19.8 Å². The van der Waals surface area contributed by atoms with E-state index in [1.54, 1.807) is 0 Å². The van der Waals surface area contributed by atoms with Gasteiger partial charge in [0.1, 0.15) is 12.7 Å². The van der Waals surface area contributed by atoms with Gasteiger partial charge < -0.3 is 24.6 Å². The zero-order valence-electron chi connectivity index (χ0n) is 36.2. The molecule has 0 saturated heterocycles. The predicted octanol–water partition coefficient (Wildman–Crippen LogP) is 12.1. The highest BCUT2D eigenvalue weighted by molar-refractivity contribution is 7.47. The molecule has 0 amide bonds. The molecule has 0 aliphatic heterocycles. The van der Waals surface area contributed by atoms with Crippen molar-refractivity contribution in [2.45, 2.75) is 187 Å². The van der Waals surface area contributed by atoms with Crippen LogP contribution in [0.5, 0.6) is 0 Å². The zero-order chi connectivity index (χ0) is 42.6. The van der Waals surface area contributed by atoms with Crippen molar-refractivity contribution >= 4 is 19.8 Å². The summed E-state index contributed by atoms with van der Waals surface area (Å²) in [5.41, 5.74) is 0. The summed E-state index contributed by atoms with van der Waals surface area (Å²) in [6, 6.07) is 0. The number of rotatable bonds is 41. The number of phosphoric ester groups is 1. The Morgan fingerprint density at radius 1 is 0.534 bits per heavy atom. The van der Waals surface area contributed by atoms with E-state index in [2.05, 4.69) is 79.1 Å². The number of allylic oxidation sites excluding steroid dienone is 12. The first kappa shape index (κ1) is 55.4. The summed E-state index contributed by atoms with van der Waals surface area (Å²) in [6.07, 6.45) is 48.8. The third kappa shape index (κ3) is 41.6. The Labute approximate surface area is 352 Å². The van der Waals surface area contributed by atoms with Gasteiger partial charge in [0, 0.05) is 12.8 Å². The number of ether oxygens (including phenoxy) is 2. The monoisotopic (exact) mass is 837 g/mol. The Kier molecular flexibility index (Phi) is 40.6. The standard InChI is InChI=1S/C47H81O10P/c1-3-5-7-9-11-13-15-17-19-21-22-23-25-26-28-30-32-34-36-38-46(50)54-42-45(43-56-58(52,53)55-41-44(49)40-48)57-47(51)39-37-35-33-31-29-27-24-20-18-16-14-12-10-8-6-4-2/h5,7,11,13,17,19,22-23,26,28,32,34,44-45,48-49H,3-4,6,8-10,12,14-16,18,20-21,24-25,27,29-31,33,35-43H2,1-2H3,(H,52,53)/b7-5-,13-11-,19-17-,23-22-,28-26-,34-32-/t44-,45+/m0/s1. The van der Waals surface area contributed by atoms with Crippen LogP contribution in [0.4, 0.5) is 0 Å². The molecule has 3 N–H and O–H groups in total. The lowest BCUT2D eigenvalue weighted by Gasteiger charge is -2.20. The van der Waals surface area contributed by atoms with Gasteiger partial charge in [0.2, 0.25) is 0 Å². The van der Waals surface area contributed by atoms with Crippen LogP contribution < -0.4 is 0 Å². The lowest BCUT2D eigenvalue weighted by molar-refractivity contribution is -0.161. The molecule has 0 aromatic heterocycles. The SMILES string of the molecule is CC/C=C\C/C=C\C/C=C\C/C=C\C/C=C\C/C=C\CCC(=O)OC[C@H](COP(=O)(O)OC[C@@H](O)CO)OC(=O)CCCCCCCCCCCCCCCCCC. The third-order valence-electron chi connectivity index (χ3n) is 9.14. The molecule has 3 atom stereocenters. The molecular formula is C47H81O10P. The molecule has 0 fully saturated rings. The fraction of sp³-hybridized carbons (Fsp3) is 0.702. The number of phosphoric acid groups is 1. The number of hydrogen-bond donors (Lipinski definition) is 3. The average molecular weight is 837 g/mol. The van der Waals surface area contributed by atoms with Crippen molar-refractivity contribution in [3.05, 3.63) is 72.9 Å². The van der Waals surface area contributed by atoms with Crippen LogP contribution in [-0.4, -0.2) is 65.7 Å². The van der Waals surface area contributed by atoms with Gasteiger partial charge in [-0.3, -0.25) is 18.6 Å². The topological polar surface area (TPSA) is 149 Å². The van der Waals surface area contributed by atoms with Gasteiger partial charge in [0.25, 0.3) is 0 Å². The average Bonchev–Trinajstić information content (AvgIpc) is 3.21. The quantitative estimate of drug-likeness (QED) is 0.0235. The van der Waals surface area contributed by atoms with E-state index in [9.17, 15) is 24.2 Å². The van der Waals surface area contributed by atoms with Crippen LogP contribution in [0.1, 0.15) is 174 Å². The Bertz CT molecular complexity index is 1190. The Morgan fingerprint density at radius 2 is 0.948 bits per heavy atom. The highest BCUT2D eigenvalue weighted by atomic mass is 31.2. The molecular weight excluding hydrogens is 755 g/mol. The maximum absolute atomic E-state index is 12.6. The number of esters is 2. The fourth-order valence-electron chi connectivity index (χ4n) is 5.72. The lowest BCUT2D eigenvalue weighted by atomic mass is 10.0. The van der Waals surface area contributed by atoms with Crippen LogP contribution in [0.15, 0.2) is 72.9 Å². The summed E-state index contributed by atoms with van der Waals surface area (Å²) in [5, 5.41) is 18.3. The molecule has 1 unspecified atom stereocenters. The van der Waals surface area contributed by atoms with Crippen molar-refractivity contribution in [3.63, 3.8) is 0 Å². The minimum atomic E-state index is -4.64. The normalized spacial score (nSPS) is 14.5. The van der Waals surface area contributed by atoms with Crippen LogP contribution >= 0.6 is 7.82 Å². The van der Waals surface area contributed by atoms with Gasteiger partial charge in [-0.2, -0.15) is 0 Å². The lowest BCUT2D eigenvalue weighted by Crippen LogP contribution is -2.29. The molecule has 58 heavy (non-hydrogen) atoms. The number of unbranched alkanes of at least 4 members (excludes halogenated alkanes) is 15. The molecule has 10 nitrogen and oxygen atoms in total. The molecule has 0 aromatic carbocycles. The number of carbonyl (C=O) groups is 2. The predicted molar refractivity (Wildman–Crippen MR) is 237 cm³/mol. The van der Waals surface area contributed by atoms with Crippen LogP contribution in [0.25, 0.3) is 0 Å². The second-order valence-electron chi connectivity index (χ2n) is 14.7. The highest BCUT2D eigenvalue weighted by Gasteiger charge is 2.27. The van der Waals surface area contributed by atoms with E-state index >= 15 is 0 Å². The Morgan fingerprint density at radius 3 is 1.40 bits per heavy atom. The Balaban J connectivity index is 4.40. The van der Waals surface area contributed by atoms with Gasteiger partial charge in [-0.05, 0) is 51.4 Å². The smallest absolute Gasteiger partial charge is 0.462 e. The zero-order valence-corrected chi connectivity index (χ0v) is 37.1. The van der Waals surface area contributed by atoms with E-state index in [-0.39, 0.29) is 19.4 Å². The third-order valence-corrected chi connectivity index (χ3v) is 10.1. The van der Waals surface area contributed by atoms with Crippen LogP contribution in [-0.2, 0) is 32.7 Å². The second-order valence-corrected chi connectivity index (χ2v) is 16.2. The number of hydrogen-bond acceptors (Lipinski definition) is 9. The van der Waals surface area contributed by atoms with Crippen molar-refractivity contribution in [1.82, 2.24) is 0 Å². The summed E-state index contributed by atoms with van der Waals surface area (Å²) in [7, 11) is -4.64. The maximum atomic E-state index is 12.6. The van der Waals surface area contributed by atoms with Gasteiger partial charge >= 0.3 is 19.8 Å². The van der Waals surface area contributed by atoms with E-state index in [1.807, 2.05) is 12.2 Å². The molecule has 334 valence electrons. The first-order valence-corrected chi connectivity index (χ1v) is 23.9. The highest BCUT2D eigenvalue weighted by Crippen LogP contribution is 2.43. The number of aliphatic hydroxyl groups excluding tert-OH is 2. The van der Waals surface area contributed by atoms with Gasteiger partial charge in [-0.15, -0.1) is 0 Å². The second kappa shape index (κ2) is 42.5. The summed E-state index contributed by atoms with van der Waals surface area (Å²) >= 11 is 0. The van der Waals surface area contributed by atoms with E-state index in [0.29, 0.717) is 12.8 Å². The minimum Gasteiger partial charge on any atom is -0.462 e. The molecule has 11 heteroatoms.